The highest BCUT2D eigenvalue weighted by Crippen LogP contribution is 2.33. The summed E-state index contributed by atoms with van der Waals surface area (Å²) in [7, 11) is 0. The first-order valence-corrected chi connectivity index (χ1v) is 10.8. The van der Waals surface area contributed by atoms with Gasteiger partial charge in [-0.05, 0) is 24.6 Å². The number of amides is 1. The fourth-order valence-electron chi connectivity index (χ4n) is 3.31. The van der Waals surface area contributed by atoms with Crippen molar-refractivity contribution in [2.75, 3.05) is 39.4 Å². The number of hydrogen-bond donors (Lipinski definition) is 0. The van der Waals surface area contributed by atoms with Gasteiger partial charge in [-0.3, -0.25) is 14.6 Å². The van der Waals surface area contributed by atoms with Crippen LogP contribution in [0.5, 0.6) is 0 Å². The molecule has 2 fully saturated rings. The lowest BCUT2D eigenvalue weighted by Gasteiger charge is -2.27. The second kappa shape index (κ2) is 8.88. The number of thiocarbonyl (C=S) groups is 1. The third kappa shape index (κ3) is 4.39. The van der Waals surface area contributed by atoms with Crippen LogP contribution in [-0.2, 0) is 9.53 Å². The molecule has 1 aromatic heterocycles. The number of nitrogens with zero attached hydrogens (tertiary/aromatic N) is 3. The Bertz CT molecular complexity index is 944. The van der Waals surface area contributed by atoms with Crippen LogP contribution < -0.4 is 0 Å². The molecule has 2 aromatic rings. The number of carbonyl (C=O) groups is 1. The van der Waals surface area contributed by atoms with E-state index in [-0.39, 0.29) is 5.91 Å². The molecule has 2 aliphatic heterocycles. The van der Waals surface area contributed by atoms with E-state index in [0.717, 1.165) is 50.2 Å². The second-order valence-corrected chi connectivity index (χ2v) is 8.77. The topological polar surface area (TPSA) is 45.7 Å². The Morgan fingerprint density at radius 1 is 1.21 bits per heavy atom. The van der Waals surface area contributed by atoms with Gasteiger partial charge in [0.15, 0.2) is 0 Å². The molecule has 4 rings (SSSR count). The number of carbonyl (C=O) groups excluding carboxylic acids is 1. The van der Waals surface area contributed by atoms with Gasteiger partial charge in [-0.2, -0.15) is 0 Å². The summed E-state index contributed by atoms with van der Waals surface area (Å²) in [6.07, 6.45) is 2.69. The molecule has 0 unspecified atom stereocenters. The Morgan fingerprint density at radius 2 is 2.04 bits per heavy atom. The van der Waals surface area contributed by atoms with E-state index in [2.05, 4.69) is 9.88 Å². The van der Waals surface area contributed by atoms with Crippen LogP contribution in [-0.4, -0.2) is 64.4 Å². The number of hydrogen-bond acceptors (Lipinski definition) is 6. The zero-order valence-electron chi connectivity index (χ0n) is 15.3. The van der Waals surface area contributed by atoms with Gasteiger partial charge in [-0.1, -0.05) is 53.8 Å². The number of benzene rings is 1. The third-order valence-corrected chi connectivity index (χ3v) is 6.49. The Labute approximate surface area is 178 Å². The number of morpholine rings is 1. The maximum atomic E-state index is 12.8. The monoisotopic (exact) mass is 433 g/mol. The van der Waals surface area contributed by atoms with Crippen molar-refractivity contribution in [2.24, 2.45) is 0 Å². The summed E-state index contributed by atoms with van der Waals surface area (Å²) in [5.41, 5.74) is 1.44. The molecule has 146 valence electrons. The molecule has 28 heavy (non-hydrogen) atoms. The largest absolute Gasteiger partial charge is 0.379 e. The Balaban J connectivity index is 1.43. The van der Waals surface area contributed by atoms with Crippen molar-refractivity contribution in [3.63, 3.8) is 0 Å². The minimum atomic E-state index is -0.0435. The highest BCUT2D eigenvalue weighted by molar-refractivity contribution is 8.26. The molecule has 0 saturated carbocycles. The maximum absolute atomic E-state index is 12.8. The van der Waals surface area contributed by atoms with Crippen molar-refractivity contribution < 1.29 is 9.53 Å². The lowest BCUT2D eigenvalue weighted by Crippen LogP contribution is -2.38. The third-order valence-electron chi connectivity index (χ3n) is 4.80. The van der Waals surface area contributed by atoms with Crippen molar-refractivity contribution in [3.05, 3.63) is 46.0 Å². The zero-order valence-corrected chi connectivity index (χ0v) is 17.7. The van der Waals surface area contributed by atoms with E-state index in [1.807, 2.05) is 30.3 Å². The summed E-state index contributed by atoms with van der Waals surface area (Å²) < 4.78 is 5.97. The van der Waals surface area contributed by atoms with Crippen molar-refractivity contribution >= 4 is 62.8 Å². The molecule has 0 spiro atoms. The molecular formula is C20H20ClN3O2S2. The van der Waals surface area contributed by atoms with E-state index in [9.17, 15) is 4.79 Å². The second-order valence-electron chi connectivity index (χ2n) is 6.69. The Kier molecular flexibility index (Phi) is 6.28. The molecule has 0 N–H and O–H groups in total. The van der Waals surface area contributed by atoms with Gasteiger partial charge in [-0.25, -0.2) is 4.98 Å². The maximum Gasteiger partial charge on any atom is 0.266 e. The van der Waals surface area contributed by atoms with Gasteiger partial charge in [-0.15, -0.1) is 0 Å². The Morgan fingerprint density at radius 3 is 2.86 bits per heavy atom. The van der Waals surface area contributed by atoms with Gasteiger partial charge in [0.25, 0.3) is 5.91 Å². The lowest BCUT2D eigenvalue weighted by molar-refractivity contribution is -0.122. The molecule has 0 radical (unpaired) electrons. The normalized spacial score (nSPS) is 19.9. The fourth-order valence-corrected chi connectivity index (χ4v) is 4.83. The summed E-state index contributed by atoms with van der Waals surface area (Å²) in [6, 6.07) is 9.53. The molecule has 1 aromatic carbocycles. The van der Waals surface area contributed by atoms with Crippen LogP contribution >= 0.6 is 35.6 Å². The van der Waals surface area contributed by atoms with Crippen LogP contribution in [0.3, 0.4) is 0 Å². The molecule has 8 heteroatoms. The SMILES string of the molecule is O=C1C(=Cc2ccc3cccc(Cl)c3n2)SC(=S)N1CCCN1CCOCC1. The zero-order chi connectivity index (χ0) is 19.5. The number of thioether (sulfide) groups is 1. The average Bonchev–Trinajstić information content (AvgIpc) is 2.97. The molecule has 0 atom stereocenters. The van der Waals surface area contributed by atoms with E-state index < -0.39 is 0 Å². The number of halogens is 1. The van der Waals surface area contributed by atoms with Crippen LogP contribution in [0.4, 0.5) is 0 Å². The number of rotatable bonds is 5. The summed E-state index contributed by atoms with van der Waals surface area (Å²) in [5, 5.41) is 1.57. The van der Waals surface area contributed by atoms with E-state index in [1.54, 1.807) is 11.0 Å². The molecule has 2 saturated heterocycles. The first-order chi connectivity index (χ1) is 13.6. The predicted octanol–water partition coefficient (Wildman–Crippen LogP) is 3.81. The highest BCUT2D eigenvalue weighted by atomic mass is 35.5. The number of pyridine rings is 1. The van der Waals surface area contributed by atoms with Gasteiger partial charge in [0.1, 0.15) is 4.32 Å². The number of para-hydroxylation sites is 1. The van der Waals surface area contributed by atoms with Gasteiger partial charge in [0.2, 0.25) is 0 Å². The van der Waals surface area contributed by atoms with Crippen LogP contribution in [0, 0.1) is 0 Å². The van der Waals surface area contributed by atoms with Crippen molar-refractivity contribution in [3.8, 4) is 0 Å². The lowest BCUT2D eigenvalue weighted by atomic mass is 10.2. The molecular weight excluding hydrogens is 414 g/mol. The Hall–Kier alpha value is -1.51. The summed E-state index contributed by atoms with van der Waals surface area (Å²) in [5.74, 6) is -0.0435. The van der Waals surface area contributed by atoms with Crippen molar-refractivity contribution in [2.45, 2.75) is 6.42 Å². The van der Waals surface area contributed by atoms with E-state index in [1.165, 1.54) is 11.8 Å². The molecule has 0 aliphatic carbocycles. The fraction of sp³-hybridized carbons (Fsp3) is 0.350. The minimum absolute atomic E-state index is 0.0435. The van der Waals surface area contributed by atoms with Crippen LogP contribution in [0.1, 0.15) is 12.1 Å². The van der Waals surface area contributed by atoms with Gasteiger partial charge >= 0.3 is 0 Å². The molecule has 2 aliphatic rings. The number of aromatic nitrogens is 1. The number of ether oxygens (including phenoxy) is 1. The quantitative estimate of drug-likeness (QED) is 0.527. The summed E-state index contributed by atoms with van der Waals surface area (Å²) in [4.78, 5) is 22.0. The molecule has 1 amide bonds. The van der Waals surface area contributed by atoms with Crippen molar-refractivity contribution in [1.82, 2.24) is 14.8 Å². The minimum Gasteiger partial charge on any atom is -0.379 e. The van der Waals surface area contributed by atoms with Gasteiger partial charge in [0, 0.05) is 31.6 Å². The van der Waals surface area contributed by atoms with E-state index in [0.29, 0.717) is 26.5 Å². The summed E-state index contributed by atoms with van der Waals surface area (Å²) in [6.45, 7) is 5.06. The van der Waals surface area contributed by atoms with Crippen LogP contribution in [0.2, 0.25) is 5.02 Å². The standard InChI is InChI=1S/C20H20ClN3O2S2/c21-16-4-1-3-14-5-6-15(22-18(14)16)13-17-19(25)24(20(27)28-17)8-2-7-23-9-11-26-12-10-23/h1,3-6,13H,2,7-12H2. The summed E-state index contributed by atoms with van der Waals surface area (Å²) >= 11 is 13.0. The highest BCUT2D eigenvalue weighted by Gasteiger charge is 2.31. The van der Waals surface area contributed by atoms with Gasteiger partial charge in [0.05, 0.1) is 34.4 Å². The smallest absolute Gasteiger partial charge is 0.266 e. The van der Waals surface area contributed by atoms with E-state index >= 15 is 0 Å². The van der Waals surface area contributed by atoms with Crippen molar-refractivity contribution in [1.29, 1.82) is 0 Å². The predicted molar refractivity (Wildman–Crippen MR) is 119 cm³/mol. The molecule has 3 heterocycles. The molecule has 0 bridgehead atoms. The number of fused-ring (bicyclic) bond motifs is 1. The van der Waals surface area contributed by atoms with E-state index in [4.69, 9.17) is 28.6 Å². The van der Waals surface area contributed by atoms with Crippen LogP contribution in [0.25, 0.3) is 17.0 Å². The average molecular weight is 434 g/mol. The first kappa shape index (κ1) is 19.8. The molecule has 5 nitrogen and oxygen atoms in total. The first-order valence-electron chi connectivity index (χ1n) is 9.22. The van der Waals surface area contributed by atoms with Gasteiger partial charge < -0.3 is 4.74 Å². The van der Waals surface area contributed by atoms with Crippen LogP contribution in [0.15, 0.2) is 35.2 Å².